The van der Waals surface area contributed by atoms with Crippen LogP contribution in [0.1, 0.15) is 10.4 Å². The number of anilines is 1. The van der Waals surface area contributed by atoms with E-state index < -0.39 is 16.7 Å². The van der Waals surface area contributed by atoms with E-state index >= 15 is 0 Å². The number of carbonyl (C=O) groups excluding carboxylic acids is 2. The van der Waals surface area contributed by atoms with Gasteiger partial charge in [-0.25, -0.2) is 4.98 Å². The Morgan fingerprint density at radius 2 is 2.22 bits per heavy atom. The molecule has 1 heterocycles. The summed E-state index contributed by atoms with van der Waals surface area (Å²) in [5, 5.41) is 15.1. The topological polar surface area (TPSA) is 140 Å². The zero-order valence-electron chi connectivity index (χ0n) is 9.47. The minimum atomic E-state index is -0.702. The SMILES string of the molecule is CNC(=O)CNC(=O)c1cc([N+](=O)[O-])cnc1N. The van der Waals surface area contributed by atoms with E-state index in [0.717, 1.165) is 12.3 Å². The molecule has 0 aliphatic heterocycles. The van der Waals surface area contributed by atoms with Gasteiger partial charge in [-0.3, -0.25) is 19.7 Å². The van der Waals surface area contributed by atoms with Crippen LogP contribution >= 0.6 is 0 Å². The molecule has 9 nitrogen and oxygen atoms in total. The van der Waals surface area contributed by atoms with E-state index in [2.05, 4.69) is 15.6 Å². The van der Waals surface area contributed by atoms with E-state index in [1.54, 1.807) is 0 Å². The summed E-state index contributed by atoms with van der Waals surface area (Å²) in [6.45, 7) is -0.253. The number of nitro groups is 1. The summed E-state index contributed by atoms with van der Waals surface area (Å²) in [5.41, 5.74) is 4.94. The van der Waals surface area contributed by atoms with Crippen LogP contribution in [0.15, 0.2) is 12.3 Å². The highest BCUT2D eigenvalue weighted by molar-refractivity contribution is 6.00. The van der Waals surface area contributed by atoms with Crippen LogP contribution in [0.3, 0.4) is 0 Å². The summed E-state index contributed by atoms with van der Waals surface area (Å²) < 4.78 is 0. The van der Waals surface area contributed by atoms with Crippen molar-refractivity contribution in [2.45, 2.75) is 0 Å². The van der Waals surface area contributed by atoms with Crippen molar-refractivity contribution >= 4 is 23.3 Å². The highest BCUT2D eigenvalue weighted by atomic mass is 16.6. The Bertz CT molecular complexity index is 502. The predicted octanol–water partition coefficient (Wildman–Crippen LogP) is -0.952. The third kappa shape index (κ3) is 3.14. The summed E-state index contributed by atoms with van der Waals surface area (Å²) in [4.78, 5) is 35.9. The van der Waals surface area contributed by atoms with Crippen LogP contribution in [0.25, 0.3) is 0 Å². The predicted molar refractivity (Wildman–Crippen MR) is 61.7 cm³/mol. The number of amides is 2. The molecule has 96 valence electrons. The van der Waals surface area contributed by atoms with Crippen LogP contribution in [-0.2, 0) is 4.79 Å². The normalized spacial score (nSPS) is 9.61. The third-order valence-electron chi connectivity index (χ3n) is 2.05. The molecular weight excluding hydrogens is 242 g/mol. The van der Waals surface area contributed by atoms with E-state index in [9.17, 15) is 19.7 Å². The molecule has 2 amide bonds. The fraction of sp³-hybridized carbons (Fsp3) is 0.222. The van der Waals surface area contributed by atoms with Gasteiger partial charge in [-0.05, 0) is 0 Å². The van der Waals surface area contributed by atoms with Gasteiger partial charge in [-0.15, -0.1) is 0 Å². The highest BCUT2D eigenvalue weighted by Crippen LogP contribution is 2.16. The Morgan fingerprint density at radius 1 is 1.56 bits per heavy atom. The number of rotatable bonds is 4. The van der Waals surface area contributed by atoms with E-state index in [1.807, 2.05) is 0 Å². The van der Waals surface area contributed by atoms with Crippen molar-refractivity contribution in [1.29, 1.82) is 0 Å². The molecule has 1 rings (SSSR count). The summed E-state index contributed by atoms with van der Waals surface area (Å²) in [7, 11) is 1.41. The lowest BCUT2D eigenvalue weighted by atomic mass is 10.2. The van der Waals surface area contributed by atoms with Crippen molar-refractivity contribution < 1.29 is 14.5 Å². The number of hydrogen-bond acceptors (Lipinski definition) is 6. The first kappa shape index (κ1) is 13.4. The molecule has 4 N–H and O–H groups in total. The summed E-state index contributed by atoms with van der Waals surface area (Å²) in [5.74, 6) is -1.25. The Hall–Kier alpha value is -2.71. The van der Waals surface area contributed by atoms with Crippen molar-refractivity contribution in [3.8, 4) is 0 Å². The molecule has 0 bridgehead atoms. The lowest BCUT2D eigenvalue weighted by Gasteiger charge is -2.05. The molecule has 0 unspecified atom stereocenters. The Kier molecular flexibility index (Phi) is 4.13. The minimum absolute atomic E-state index is 0.144. The zero-order chi connectivity index (χ0) is 13.7. The maximum atomic E-state index is 11.6. The van der Waals surface area contributed by atoms with Gasteiger partial charge in [-0.1, -0.05) is 0 Å². The van der Waals surface area contributed by atoms with E-state index in [4.69, 9.17) is 5.73 Å². The average Bonchev–Trinajstić information content (AvgIpc) is 2.35. The third-order valence-corrected chi connectivity index (χ3v) is 2.05. The maximum Gasteiger partial charge on any atom is 0.288 e. The zero-order valence-corrected chi connectivity index (χ0v) is 9.47. The number of nitrogens with zero attached hydrogens (tertiary/aromatic N) is 2. The first-order valence-corrected chi connectivity index (χ1v) is 4.84. The van der Waals surface area contributed by atoms with Crippen LogP contribution in [0, 0.1) is 10.1 Å². The number of nitrogens with two attached hydrogens (primary N) is 1. The molecule has 0 aromatic carbocycles. The van der Waals surface area contributed by atoms with E-state index in [-0.39, 0.29) is 23.6 Å². The summed E-state index contributed by atoms with van der Waals surface area (Å²) in [6, 6.07) is 1.00. The molecule has 9 heteroatoms. The number of hydrogen-bond donors (Lipinski definition) is 3. The van der Waals surface area contributed by atoms with Gasteiger partial charge < -0.3 is 16.4 Å². The second-order valence-electron chi connectivity index (χ2n) is 3.24. The molecule has 0 saturated heterocycles. The fourth-order valence-electron chi connectivity index (χ4n) is 1.09. The molecular formula is C9H11N5O4. The van der Waals surface area contributed by atoms with Crippen LogP contribution in [0.4, 0.5) is 11.5 Å². The molecule has 0 saturated carbocycles. The van der Waals surface area contributed by atoms with Gasteiger partial charge in [0.25, 0.3) is 11.6 Å². The van der Waals surface area contributed by atoms with E-state index in [0.29, 0.717) is 0 Å². The standard InChI is InChI=1S/C9H11N5O4/c1-11-7(15)4-13-9(16)6-2-5(14(17)18)3-12-8(6)10/h2-3H,4H2,1H3,(H2,10,12)(H,11,15)(H,13,16). The molecule has 0 fully saturated rings. The van der Waals surface area contributed by atoms with Crippen molar-refractivity contribution in [2.24, 2.45) is 0 Å². The second-order valence-corrected chi connectivity index (χ2v) is 3.24. The fourth-order valence-corrected chi connectivity index (χ4v) is 1.09. The smallest absolute Gasteiger partial charge is 0.288 e. The van der Waals surface area contributed by atoms with Gasteiger partial charge in [0.15, 0.2) is 0 Å². The van der Waals surface area contributed by atoms with Crippen molar-refractivity contribution in [3.63, 3.8) is 0 Å². The molecule has 1 aromatic heterocycles. The van der Waals surface area contributed by atoms with Crippen LogP contribution < -0.4 is 16.4 Å². The Labute approximate surface area is 102 Å². The van der Waals surface area contributed by atoms with Crippen LogP contribution in [0.5, 0.6) is 0 Å². The first-order chi connectivity index (χ1) is 8.45. The molecule has 0 aliphatic carbocycles. The number of nitrogens with one attached hydrogen (secondary N) is 2. The number of nitrogen functional groups attached to an aromatic ring is 1. The summed E-state index contributed by atoms with van der Waals surface area (Å²) >= 11 is 0. The number of pyridine rings is 1. The van der Waals surface area contributed by atoms with Gasteiger partial charge in [0.1, 0.15) is 12.0 Å². The van der Waals surface area contributed by atoms with E-state index in [1.165, 1.54) is 7.05 Å². The molecule has 0 atom stereocenters. The van der Waals surface area contributed by atoms with Gasteiger partial charge in [-0.2, -0.15) is 0 Å². The Balaban J connectivity index is 2.87. The van der Waals surface area contributed by atoms with Gasteiger partial charge >= 0.3 is 0 Å². The average molecular weight is 253 g/mol. The van der Waals surface area contributed by atoms with Gasteiger partial charge in [0.05, 0.1) is 17.0 Å². The Morgan fingerprint density at radius 3 is 2.78 bits per heavy atom. The number of carbonyl (C=O) groups is 2. The maximum absolute atomic E-state index is 11.6. The summed E-state index contributed by atoms with van der Waals surface area (Å²) in [6.07, 6.45) is 0.949. The largest absolute Gasteiger partial charge is 0.383 e. The lowest BCUT2D eigenvalue weighted by Crippen LogP contribution is -2.35. The molecule has 18 heavy (non-hydrogen) atoms. The molecule has 1 aromatic rings. The monoisotopic (exact) mass is 253 g/mol. The van der Waals surface area contributed by atoms with Crippen molar-refractivity contribution in [2.75, 3.05) is 19.3 Å². The quantitative estimate of drug-likeness (QED) is 0.466. The number of likely N-dealkylation sites (N-methyl/N-ethyl adjacent to an activating group) is 1. The first-order valence-electron chi connectivity index (χ1n) is 4.84. The van der Waals surface area contributed by atoms with Crippen LogP contribution in [0.2, 0.25) is 0 Å². The molecule has 0 aliphatic rings. The van der Waals surface area contributed by atoms with Gasteiger partial charge in [0.2, 0.25) is 5.91 Å². The van der Waals surface area contributed by atoms with Crippen LogP contribution in [-0.4, -0.2) is 35.3 Å². The number of aromatic nitrogens is 1. The molecule has 0 spiro atoms. The van der Waals surface area contributed by atoms with Gasteiger partial charge in [0, 0.05) is 13.1 Å². The van der Waals surface area contributed by atoms with Crippen molar-refractivity contribution in [1.82, 2.24) is 15.6 Å². The second kappa shape index (κ2) is 5.57. The molecule has 0 radical (unpaired) electrons. The van der Waals surface area contributed by atoms with Crippen molar-refractivity contribution in [3.05, 3.63) is 27.9 Å². The lowest BCUT2D eigenvalue weighted by molar-refractivity contribution is -0.385. The minimum Gasteiger partial charge on any atom is -0.383 e. The highest BCUT2D eigenvalue weighted by Gasteiger charge is 2.16.